The van der Waals surface area contributed by atoms with Gasteiger partial charge in [0.1, 0.15) is 12.1 Å². The Labute approximate surface area is 297 Å². The number of aliphatic carboxylic acids is 1. The lowest BCUT2D eigenvalue weighted by molar-refractivity contribution is -0.192. The van der Waals surface area contributed by atoms with Crippen molar-refractivity contribution in [1.82, 2.24) is 20.4 Å². The quantitative estimate of drug-likeness (QED) is 0.214. The lowest BCUT2D eigenvalue weighted by atomic mass is 9.76. The molecule has 4 atom stereocenters. The average Bonchev–Trinajstić information content (AvgIpc) is 3.50. The predicted octanol–water partition coefficient (Wildman–Crippen LogP) is 4.96. The molecule has 50 heavy (non-hydrogen) atoms. The maximum atomic E-state index is 14.1. The number of carbonyl (C=O) groups excluding carboxylic acids is 4. The number of hydrogen-bond donors (Lipinski definition) is 3. The number of amides is 3. The van der Waals surface area contributed by atoms with Gasteiger partial charge < -0.3 is 30.3 Å². The molecule has 1 fully saturated rings. The zero-order valence-electron chi connectivity index (χ0n) is 30.7. The van der Waals surface area contributed by atoms with Crippen LogP contribution in [-0.4, -0.2) is 103 Å². The third kappa shape index (κ3) is 11.7. The molecule has 1 aliphatic rings. The number of rotatable bonds is 11. The minimum absolute atomic E-state index is 0.0326. The summed E-state index contributed by atoms with van der Waals surface area (Å²) in [5.74, 6) is -4.03. The molecule has 3 amide bonds. The minimum atomic E-state index is -5.08. The molecule has 0 radical (unpaired) electrons. The number of likely N-dealkylation sites (tertiary alicyclic amines) is 1. The number of carboxylic acid groups (broad SMARTS) is 1. The Morgan fingerprint density at radius 1 is 1.08 bits per heavy atom. The summed E-state index contributed by atoms with van der Waals surface area (Å²) in [6, 6.07) is 4.89. The van der Waals surface area contributed by atoms with Crippen molar-refractivity contribution in [2.75, 3.05) is 27.7 Å². The Bertz CT molecular complexity index is 1410. The molecule has 282 valence electrons. The summed E-state index contributed by atoms with van der Waals surface area (Å²) in [6.07, 6.45) is -2.01. The summed E-state index contributed by atoms with van der Waals surface area (Å²) < 4.78 is 36.6. The van der Waals surface area contributed by atoms with Crippen LogP contribution in [0.1, 0.15) is 73.8 Å². The van der Waals surface area contributed by atoms with E-state index < -0.39 is 53.1 Å². The molecule has 2 rings (SSSR count). The van der Waals surface area contributed by atoms with Crippen LogP contribution in [0.15, 0.2) is 35.9 Å². The summed E-state index contributed by atoms with van der Waals surface area (Å²) in [6.45, 7) is 15.8. The fourth-order valence-electron chi connectivity index (χ4n) is 5.80. The lowest BCUT2D eigenvalue weighted by Crippen LogP contribution is -2.61. The van der Waals surface area contributed by atoms with Gasteiger partial charge in [0.05, 0.1) is 19.2 Å². The van der Waals surface area contributed by atoms with Crippen molar-refractivity contribution in [1.29, 1.82) is 0 Å². The summed E-state index contributed by atoms with van der Waals surface area (Å²) >= 11 is 6.25. The molecule has 1 saturated heterocycles. The molecule has 1 heterocycles. The van der Waals surface area contributed by atoms with Crippen molar-refractivity contribution in [2.24, 2.45) is 11.3 Å². The zero-order chi connectivity index (χ0) is 38.9. The van der Waals surface area contributed by atoms with Gasteiger partial charge >= 0.3 is 18.1 Å². The number of likely N-dealkylation sites (N-methyl/N-ethyl adjacent to an activating group) is 2. The number of esters is 1. The third-order valence-electron chi connectivity index (χ3n) is 8.71. The molecule has 0 aromatic heterocycles. The summed E-state index contributed by atoms with van der Waals surface area (Å²) in [5.41, 5.74) is 0.0880. The Kier molecular flexibility index (Phi) is 16.0. The van der Waals surface area contributed by atoms with E-state index in [2.05, 4.69) is 10.6 Å². The van der Waals surface area contributed by atoms with Crippen LogP contribution < -0.4 is 10.6 Å². The first-order valence-corrected chi connectivity index (χ1v) is 16.6. The van der Waals surface area contributed by atoms with Crippen molar-refractivity contribution >= 4 is 41.3 Å². The van der Waals surface area contributed by atoms with Gasteiger partial charge in [0.25, 0.3) is 0 Å². The van der Waals surface area contributed by atoms with E-state index in [1.54, 1.807) is 43.0 Å². The highest BCUT2D eigenvalue weighted by Gasteiger charge is 2.42. The largest absolute Gasteiger partial charge is 0.490 e. The standard InChI is InChI=1S/C33H51ClN4O5.C2HF3O2/c1-20(2)25(18-21(3)29(40)38-17-13-16-24(38)31(42)43-11)37(10)30(41)27(32(4,5)6)36-28(39)26(35-9)33(7,8)22-14-12-15-23(34)19-22;3-2(4,5)1(6)7/h12,14-15,18-20,24-27,35H,13,16-17H2,1-11H3,(H,36,39);(H,6,7)/b21-18+;/t24-,25+,26+,27+;/m0./s1. The molecule has 1 aromatic carbocycles. The number of nitrogens with zero attached hydrogens (tertiary/aromatic N) is 2. The Hall–Kier alpha value is -3.65. The van der Waals surface area contributed by atoms with E-state index in [4.69, 9.17) is 26.2 Å². The van der Waals surface area contributed by atoms with Crippen molar-refractivity contribution in [3.05, 3.63) is 46.5 Å². The number of hydrogen-bond acceptors (Lipinski definition) is 7. The van der Waals surface area contributed by atoms with E-state index in [9.17, 15) is 32.3 Å². The number of alkyl halides is 3. The fourth-order valence-corrected chi connectivity index (χ4v) is 5.99. The number of carboxylic acids is 1. The second kappa shape index (κ2) is 18.0. The number of benzene rings is 1. The van der Waals surface area contributed by atoms with Gasteiger partial charge in [-0.05, 0) is 55.8 Å². The van der Waals surface area contributed by atoms with Crippen LogP contribution in [0.5, 0.6) is 0 Å². The maximum absolute atomic E-state index is 14.1. The SMILES string of the molecule is CN[C@H](C(=O)N[C@H](C(=O)N(C)[C@H](/C=C(\C)C(=O)N1CCC[C@H]1C(=O)OC)C(C)C)C(C)(C)C)C(C)(C)c1cccc(Cl)c1.O=C(O)C(F)(F)F. The number of nitrogens with one attached hydrogen (secondary N) is 2. The van der Waals surface area contributed by atoms with Crippen molar-refractivity contribution in [3.63, 3.8) is 0 Å². The van der Waals surface area contributed by atoms with Crippen LogP contribution in [0.3, 0.4) is 0 Å². The van der Waals surface area contributed by atoms with Gasteiger partial charge in [0, 0.05) is 29.6 Å². The monoisotopic (exact) mass is 732 g/mol. The molecule has 0 aliphatic carbocycles. The summed E-state index contributed by atoms with van der Waals surface area (Å²) in [7, 11) is 4.74. The van der Waals surface area contributed by atoms with Crippen molar-refractivity contribution in [2.45, 2.75) is 104 Å². The van der Waals surface area contributed by atoms with Gasteiger partial charge in [-0.2, -0.15) is 13.2 Å². The Balaban J connectivity index is 0.00000161. The van der Waals surface area contributed by atoms with Crippen molar-refractivity contribution in [3.8, 4) is 0 Å². The van der Waals surface area contributed by atoms with Crippen LogP contribution >= 0.6 is 11.6 Å². The third-order valence-corrected chi connectivity index (χ3v) is 8.94. The highest BCUT2D eigenvalue weighted by Crippen LogP contribution is 2.31. The first-order chi connectivity index (χ1) is 22.8. The number of ether oxygens (including phenoxy) is 1. The maximum Gasteiger partial charge on any atom is 0.490 e. The molecule has 11 nitrogen and oxygen atoms in total. The molecule has 15 heteroatoms. The lowest BCUT2D eigenvalue weighted by Gasteiger charge is -2.40. The van der Waals surface area contributed by atoms with Crippen molar-refractivity contribution < 1.29 is 47.0 Å². The first kappa shape index (κ1) is 44.4. The molecule has 1 aromatic rings. The van der Waals surface area contributed by atoms with Crippen LogP contribution in [-0.2, 0) is 34.1 Å². The molecule has 0 saturated carbocycles. The molecule has 0 spiro atoms. The van der Waals surface area contributed by atoms with Crippen LogP contribution in [0.4, 0.5) is 13.2 Å². The normalized spacial score (nSPS) is 17.2. The number of carbonyl (C=O) groups is 5. The van der Waals surface area contributed by atoms with Gasteiger partial charge in [0.2, 0.25) is 17.7 Å². The smallest absolute Gasteiger partial charge is 0.475 e. The molecule has 0 bridgehead atoms. The van der Waals surface area contributed by atoms with E-state index in [1.165, 1.54) is 7.11 Å². The highest BCUT2D eigenvalue weighted by atomic mass is 35.5. The van der Waals surface area contributed by atoms with Gasteiger partial charge in [-0.3, -0.25) is 14.4 Å². The second-order valence-electron chi connectivity index (χ2n) is 14.3. The van der Waals surface area contributed by atoms with Crippen LogP contribution in [0, 0.1) is 11.3 Å². The van der Waals surface area contributed by atoms with Crippen LogP contribution in [0.25, 0.3) is 0 Å². The van der Waals surface area contributed by atoms with Gasteiger partial charge in [0.15, 0.2) is 0 Å². The average molecular weight is 733 g/mol. The second-order valence-corrected chi connectivity index (χ2v) is 14.7. The number of halogens is 4. The number of methoxy groups -OCH3 is 1. The minimum Gasteiger partial charge on any atom is -0.475 e. The van der Waals surface area contributed by atoms with Gasteiger partial charge in [-0.25, -0.2) is 9.59 Å². The molecule has 0 unspecified atom stereocenters. The molecular weight excluding hydrogens is 681 g/mol. The Morgan fingerprint density at radius 3 is 2.08 bits per heavy atom. The Morgan fingerprint density at radius 2 is 1.64 bits per heavy atom. The molecule has 3 N–H and O–H groups in total. The molecule has 1 aliphatic heterocycles. The van der Waals surface area contributed by atoms with E-state index in [1.807, 2.05) is 66.7 Å². The molecular formula is C35H52ClF3N4O7. The van der Waals surface area contributed by atoms with Gasteiger partial charge in [-0.1, -0.05) is 78.3 Å². The zero-order valence-corrected chi connectivity index (χ0v) is 31.5. The van der Waals surface area contributed by atoms with E-state index >= 15 is 0 Å². The summed E-state index contributed by atoms with van der Waals surface area (Å²) in [4.78, 5) is 65.6. The summed E-state index contributed by atoms with van der Waals surface area (Å²) in [5, 5.41) is 13.9. The predicted molar refractivity (Wildman–Crippen MR) is 184 cm³/mol. The van der Waals surface area contributed by atoms with Gasteiger partial charge in [-0.15, -0.1) is 0 Å². The van der Waals surface area contributed by atoms with E-state index in [-0.39, 0.29) is 23.6 Å². The van der Waals surface area contributed by atoms with Crippen LogP contribution in [0.2, 0.25) is 5.02 Å². The highest BCUT2D eigenvalue weighted by molar-refractivity contribution is 6.30. The first-order valence-electron chi connectivity index (χ1n) is 16.2. The van der Waals surface area contributed by atoms with E-state index in [0.29, 0.717) is 23.6 Å². The fraction of sp³-hybridized carbons (Fsp3) is 0.629. The van der Waals surface area contributed by atoms with E-state index in [0.717, 1.165) is 12.0 Å². The topological polar surface area (TPSA) is 145 Å².